The molecule has 0 unspecified atom stereocenters. The Kier molecular flexibility index (Phi) is 7.26. The summed E-state index contributed by atoms with van der Waals surface area (Å²) in [5.41, 5.74) is 1.37. The summed E-state index contributed by atoms with van der Waals surface area (Å²) < 4.78 is 5.80. The average Bonchev–Trinajstić information content (AvgIpc) is 3.23. The van der Waals surface area contributed by atoms with Crippen LogP contribution in [0.25, 0.3) is 10.6 Å². The number of pyridine rings is 1. The van der Waals surface area contributed by atoms with Gasteiger partial charge < -0.3 is 4.74 Å². The fourth-order valence-corrected chi connectivity index (χ4v) is 3.84. The number of rotatable bonds is 8. The molecule has 154 valence electrons. The monoisotopic (exact) mass is 488 g/mol. The summed E-state index contributed by atoms with van der Waals surface area (Å²) in [6.45, 7) is 3.76. The van der Waals surface area contributed by atoms with Gasteiger partial charge in [-0.2, -0.15) is 0 Å². The Hall–Kier alpha value is -3.11. The zero-order chi connectivity index (χ0) is 21.5. The van der Waals surface area contributed by atoms with Crippen LogP contribution >= 0.6 is 27.3 Å². The van der Waals surface area contributed by atoms with Crippen molar-refractivity contribution in [1.29, 1.82) is 0 Å². The lowest BCUT2D eigenvalue weighted by Gasteiger charge is -2.19. The van der Waals surface area contributed by atoms with Crippen LogP contribution in [0.4, 0.5) is 16.3 Å². The summed E-state index contributed by atoms with van der Waals surface area (Å²) in [7, 11) is 0. The first-order valence-corrected chi connectivity index (χ1v) is 10.5. The quantitative estimate of drug-likeness (QED) is 0.244. The van der Waals surface area contributed by atoms with Crippen LogP contribution < -0.4 is 4.90 Å². The number of thiazole rings is 1. The SMILES string of the molecule is C=CCOC(=O)N(CCc1ccc(Br)cc1[N+](=O)[O-])c1csc(-c2ccncc2)n1. The summed E-state index contributed by atoms with van der Waals surface area (Å²) in [6, 6.07) is 8.49. The summed E-state index contributed by atoms with van der Waals surface area (Å²) in [6.07, 6.45) is 4.47. The van der Waals surface area contributed by atoms with E-state index in [1.54, 1.807) is 29.9 Å². The van der Waals surface area contributed by atoms with Crippen LogP contribution in [0, 0.1) is 10.1 Å². The molecule has 0 bridgehead atoms. The van der Waals surface area contributed by atoms with E-state index in [0.29, 0.717) is 15.9 Å². The lowest BCUT2D eigenvalue weighted by atomic mass is 10.1. The van der Waals surface area contributed by atoms with Crippen LogP contribution in [0.5, 0.6) is 0 Å². The van der Waals surface area contributed by atoms with Crippen LogP contribution in [-0.2, 0) is 11.2 Å². The molecule has 10 heteroatoms. The molecule has 3 rings (SSSR count). The van der Waals surface area contributed by atoms with E-state index in [4.69, 9.17) is 4.74 Å². The molecule has 30 heavy (non-hydrogen) atoms. The van der Waals surface area contributed by atoms with E-state index in [9.17, 15) is 14.9 Å². The molecule has 0 spiro atoms. The van der Waals surface area contributed by atoms with E-state index in [0.717, 1.165) is 10.6 Å². The zero-order valence-electron chi connectivity index (χ0n) is 15.7. The Morgan fingerprint density at radius 2 is 2.10 bits per heavy atom. The largest absolute Gasteiger partial charge is 0.445 e. The second kappa shape index (κ2) is 10.1. The number of anilines is 1. The van der Waals surface area contributed by atoms with Gasteiger partial charge in [0.1, 0.15) is 17.4 Å². The fraction of sp³-hybridized carbons (Fsp3) is 0.150. The van der Waals surface area contributed by atoms with Gasteiger partial charge in [-0.15, -0.1) is 11.3 Å². The summed E-state index contributed by atoms with van der Waals surface area (Å²) in [5, 5.41) is 13.9. The Morgan fingerprint density at radius 3 is 2.80 bits per heavy atom. The van der Waals surface area contributed by atoms with Gasteiger partial charge in [0, 0.05) is 46.0 Å². The Morgan fingerprint density at radius 1 is 1.33 bits per heavy atom. The number of halogens is 1. The van der Waals surface area contributed by atoms with Gasteiger partial charge in [0.05, 0.1) is 4.92 Å². The van der Waals surface area contributed by atoms with Crippen molar-refractivity contribution in [2.24, 2.45) is 0 Å². The number of benzene rings is 1. The van der Waals surface area contributed by atoms with Crippen molar-refractivity contribution in [2.75, 3.05) is 18.1 Å². The number of nitro benzene ring substituents is 1. The molecule has 0 N–H and O–H groups in total. The lowest BCUT2D eigenvalue weighted by Crippen LogP contribution is -2.34. The first kappa shape index (κ1) is 21.6. The van der Waals surface area contributed by atoms with Gasteiger partial charge in [-0.3, -0.25) is 20.0 Å². The minimum Gasteiger partial charge on any atom is -0.445 e. The van der Waals surface area contributed by atoms with Crippen molar-refractivity contribution in [3.63, 3.8) is 0 Å². The fourth-order valence-electron chi connectivity index (χ4n) is 2.67. The molecular weight excluding hydrogens is 472 g/mol. The van der Waals surface area contributed by atoms with E-state index < -0.39 is 11.0 Å². The molecule has 0 aliphatic heterocycles. The molecule has 2 aromatic heterocycles. The smallest absolute Gasteiger partial charge is 0.415 e. The van der Waals surface area contributed by atoms with E-state index in [2.05, 4.69) is 32.5 Å². The molecule has 0 aliphatic rings. The van der Waals surface area contributed by atoms with Crippen LogP contribution in [0.15, 0.2) is 65.2 Å². The van der Waals surface area contributed by atoms with Crippen LogP contribution in [0.3, 0.4) is 0 Å². The molecule has 3 aromatic rings. The molecule has 0 fully saturated rings. The highest BCUT2D eigenvalue weighted by atomic mass is 79.9. The summed E-state index contributed by atoms with van der Waals surface area (Å²) in [5.74, 6) is 0.417. The Labute approximate surface area is 185 Å². The van der Waals surface area contributed by atoms with Crippen molar-refractivity contribution < 1.29 is 14.5 Å². The van der Waals surface area contributed by atoms with Gasteiger partial charge >= 0.3 is 6.09 Å². The molecule has 0 atom stereocenters. The van der Waals surface area contributed by atoms with E-state index >= 15 is 0 Å². The molecule has 2 heterocycles. The standard InChI is InChI=1S/C20H17BrN4O4S/c1-2-11-29-20(26)24(10-7-14-3-4-16(21)12-17(14)25(27)28)18-13-30-19(23-18)15-5-8-22-9-6-15/h2-6,8-9,12-13H,1,7,10-11H2. The first-order chi connectivity index (χ1) is 14.5. The maximum Gasteiger partial charge on any atom is 0.415 e. The van der Waals surface area contributed by atoms with Gasteiger partial charge in [0.2, 0.25) is 0 Å². The van der Waals surface area contributed by atoms with Gasteiger partial charge in [0.25, 0.3) is 5.69 Å². The summed E-state index contributed by atoms with van der Waals surface area (Å²) >= 11 is 4.63. The number of hydrogen-bond donors (Lipinski definition) is 0. The average molecular weight is 489 g/mol. The second-order valence-electron chi connectivity index (χ2n) is 6.04. The molecule has 0 saturated carbocycles. The topological polar surface area (TPSA) is 98.5 Å². The number of aromatic nitrogens is 2. The van der Waals surface area contributed by atoms with Crippen molar-refractivity contribution in [2.45, 2.75) is 6.42 Å². The predicted molar refractivity (Wildman–Crippen MR) is 119 cm³/mol. The Balaban J connectivity index is 1.85. The van der Waals surface area contributed by atoms with Gasteiger partial charge in [-0.1, -0.05) is 34.7 Å². The van der Waals surface area contributed by atoms with E-state index in [1.165, 1.54) is 28.4 Å². The minimum absolute atomic E-state index is 0.0143. The van der Waals surface area contributed by atoms with Crippen LogP contribution in [0.2, 0.25) is 0 Å². The number of carbonyl (C=O) groups is 1. The molecule has 0 radical (unpaired) electrons. The first-order valence-electron chi connectivity index (χ1n) is 8.83. The zero-order valence-corrected chi connectivity index (χ0v) is 18.1. The molecule has 0 saturated heterocycles. The van der Waals surface area contributed by atoms with Crippen LogP contribution in [0.1, 0.15) is 5.56 Å². The third kappa shape index (κ3) is 5.28. The number of nitro groups is 1. The highest BCUT2D eigenvalue weighted by Gasteiger charge is 2.22. The number of hydrogen-bond acceptors (Lipinski definition) is 7. The molecule has 1 aromatic carbocycles. The van der Waals surface area contributed by atoms with Crippen molar-refractivity contribution >= 4 is 44.9 Å². The number of nitrogens with zero attached hydrogens (tertiary/aromatic N) is 4. The molecule has 0 aliphatic carbocycles. The third-order valence-electron chi connectivity index (χ3n) is 4.09. The number of ether oxygens (including phenoxy) is 1. The Bertz CT molecular complexity index is 1060. The highest BCUT2D eigenvalue weighted by molar-refractivity contribution is 9.10. The second-order valence-corrected chi connectivity index (χ2v) is 7.82. The van der Waals surface area contributed by atoms with E-state index in [-0.39, 0.29) is 25.3 Å². The van der Waals surface area contributed by atoms with Crippen molar-refractivity contribution in [1.82, 2.24) is 9.97 Å². The normalized spacial score (nSPS) is 10.4. The minimum atomic E-state index is -0.596. The summed E-state index contributed by atoms with van der Waals surface area (Å²) in [4.78, 5) is 33.5. The molecule has 1 amide bonds. The van der Waals surface area contributed by atoms with Crippen molar-refractivity contribution in [3.8, 4) is 10.6 Å². The van der Waals surface area contributed by atoms with Crippen molar-refractivity contribution in [3.05, 3.63) is 80.9 Å². The van der Waals surface area contributed by atoms with Crippen LogP contribution in [-0.4, -0.2) is 34.1 Å². The molecular formula is C20H17BrN4O4S. The molecule has 8 nitrogen and oxygen atoms in total. The van der Waals surface area contributed by atoms with Gasteiger partial charge in [-0.05, 0) is 24.6 Å². The highest BCUT2D eigenvalue weighted by Crippen LogP contribution is 2.29. The van der Waals surface area contributed by atoms with E-state index in [1.807, 2.05) is 12.1 Å². The number of amides is 1. The van der Waals surface area contributed by atoms with Gasteiger partial charge in [0.15, 0.2) is 0 Å². The lowest BCUT2D eigenvalue weighted by molar-refractivity contribution is -0.385. The maximum atomic E-state index is 12.6. The predicted octanol–water partition coefficient (Wildman–Crippen LogP) is 5.25. The number of carbonyl (C=O) groups excluding carboxylic acids is 1. The van der Waals surface area contributed by atoms with Gasteiger partial charge in [-0.25, -0.2) is 9.78 Å². The third-order valence-corrected chi connectivity index (χ3v) is 5.46. The maximum absolute atomic E-state index is 12.6.